The second kappa shape index (κ2) is 7.33. The molecule has 0 spiro atoms. The minimum Gasteiger partial charge on any atom is -0.508 e. The zero-order chi connectivity index (χ0) is 20.8. The molecule has 0 saturated carbocycles. The number of piperidine rings is 1. The van der Waals surface area contributed by atoms with Crippen LogP contribution in [0.4, 0.5) is 0 Å². The van der Waals surface area contributed by atoms with Gasteiger partial charge >= 0.3 is 0 Å². The van der Waals surface area contributed by atoms with E-state index in [2.05, 4.69) is 15.1 Å². The normalized spacial score (nSPS) is 15.9. The topological polar surface area (TPSA) is 92.7 Å². The van der Waals surface area contributed by atoms with Gasteiger partial charge in [-0.1, -0.05) is 0 Å². The maximum absolute atomic E-state index is 12.7. The van der Waals surface area contributed by atoms with E-state index in [1.165, 1.54) is 15.9 Å². The van der Waals surface area contributed by atoms with Gasteiger partial charge in [0.25, 0.3) is 5.56 Å². The van der Waals surface area contributed by atoms with Crippen LogP contribution in [0.25, 0.3) is 16.0 Å². The van der Waals surface area contributed by atoms with Crippen molar-refractivity contribution in [3.8, 4) is 5.75 Å². The van der Waals surface area contributed by atoms with Crippen molar-refractivity contribution in [3.63, 3.8) is 0 Å². The lowest BCUT2D eigenvalue weighted by Crippen LogP contribution is -2.36. The number of ketones is 1. The van der Waals surface area contributed by atoms with Crippen molar-refractivity contribution in [2.75, 3.05) is 13.1 Å². The number of phenols is 1. The van der Waals surface area contributed by atoms with Gasteiger partial charge in [0.05, 0.1) is 12.1 Å². The van der Waals surface area contributed by atoms with Crippen molar-refractivity contribution in [3.05, 3.63) is 57.5 Å². The molecule has 0 aliphatic carbocycles. The minimum atomic E-state index is -0.0555. The fraction of sp³-hybridized carbons (Fsp3) is 0.333. The molecule has 1 aromatic carbocycles. The van der Waals surface area contributed by atoms with Gasteiger partial charge in [0.2, 0.25) is 5.78 Å². The van der Waals surface area contributed by atoms with E-state index in [-0.39, 0.29) is 23.0 Å². The highest BCUT2D eigenvalue weighted by atomic mass is 32.1. The van der Waals surface area contributed by atoms with Crippen LogP contribution in [0.3, 0.4) is 0 Å². The highest BCUT2D eigenvalue weighted by Gasteiger charge is 2.27. The Morgan fingerprint density at radius 2 is 1.90 bits per heavy atom. The lowest BCUT2D eigenvalue weighted by Gasteiger charge is -2.30. The summed E-state index contributed by atoms with van der Waals surface area (Å²) < 4.78 is 4.20. The largest absolute Gasteiger partial charge is 0.508 e. The molecule has 0 atom stereocenters. The van der Waals surface area contributed by atoms with E-state index in [0.29, 0.717) is 22.6 Å². The fourth-order valence-electron chi connectivity index (χ4n) is 4.17. The van der Waals surface area contributed by atoms with Gasteiger partial charge in [-0.3, -0.25) is 23.5 Å². The average Bonchev–Trinajstić information content (AvgIpc) is 3.40. The number of thiophene rings is 1. The summed E-state index contributed by atoms with van der Waals surface area (Å²) in [6.07, 6.45) is 1.56. The van der Waals surface area contributed by atoms with Crippen molar-refractivity contribution in [2.24, 2.45) is 13.0 Å². The van der Waals surface area contributed by atoms with Gasteiger partial charge in [-0.25, -0.2) is 0 Å². The lowest BCUT2D eigenvalue weighted by molar-refractivity contribution is 0.0832. The molecule has 1 fully saturated rings. The Labute approximate surface area is 176 Å². The van der Waals surface area contributed by atoms with Crippen LogP contribution in [0, 0.1) is 5.92 Å². The van der Waals surface area contributed by atoms with Crippen LogP contribution in [-0.4, -0.2) is 48.0 Å². The number of carbonyl (C=O) groups is 1. The predicted octanol–water partition coefficient (Wildman–Crippen LogP) is 2.44. The second-order valence-corrected chi connectivity index (χ2v) is 8.63. The quantitative estimate of drug-likeness (QED) is 0.507. The smallest absolute Gasteiger partial charge is 0.272 e. The molecule has 9 heteroatoms. The second-order valence-electron chi connectivity index (χ2n) is 7.71. The SMILES string of the molecule is Cn1c(=O)c2sccc2n2c(CN3CCC(C(=O)c4ccc(O)cc4)CC3)nnc12. The van der Waals surface area contributed by atoms with Gasteiger partial charge in [0.1, 0.15) is 10.4 Å². The Bertz CT molecular complexity index is 1300. The number of rotatable bonds is 4. The maximum Gasteiger partial charge on any atom is 0.272 e. The highest BCUT2D eigenvalue weighted by molar-refractivity contribution is 7.17. The molecule has 154 valence electrons. The third-order valence-corrected chi connectivity index (χ3v) is 6.76. The van der Waals surface area contributed by atoms with E-state index < -0.39 is 0 Å². The van der Waals surface area contributed by atoms with Crippen LogP contribution in [0.2, 0.25) is 0 Å². The Balaban J connectivity index is 1.34. The molecular formula is C21H21N5O3S. The van der Waals surface area contributed by atoms with Gasteiger partial charge in [0.15, 0.2) is 11.6 Å². The number of aryl methyl sites for hydroxylation is 1. The number of Topliss-reactive ketones (excluding diaryl/α,β-unsaturated/α-hetero) is 1. The minimum absolute atomic E-state index is 0.00895. The molecule has 4 aromatic rings. The number of benzene rings is 1. The number of hydrogen-bond acceptors (Lipinski definition) is 7. The predicted molar refractivity (Wildman–Crippen MR) is 114 cm³/mol. The first-order valence-corrected chi connectivity index (χ1v) is 10.8. The monoisotopic (exact) mass is 423 g/mol. The van der Waals surface area contributed by atoms with E-state index >= 15 is 0 Å². The first-order chi connectivity index (χ1) is 14.5. The highest BCUT2D eigenvalue weighted by Crippen LogP contribution is 2.25. The number of fused-ring (bicyclic) bond motifs is 3. The third-order valence-electron chi connectivity index (χ3n) is 5.87. The van der Waals surface area contributed by atoms with Crippen molar-refractivity contribution < 1.29 is 9.90 Å². The number of phenolic OH excluding ortho intramolecular Hbond substituents is 1. The molecule has 1 saturated heterocycles. The van der Waals surface area contributed by atoms with E-state index in [9.17, 15) is 14.7 Å². The van der Waals surface area contributed by atoms with E-state index in [1.807, 2.05) is 15.8 Å². The molecule has 1 aliphatic heterocycles. The van der Waals surface area contributed by atoms with Crippen LogP contribution in [-0.2, 0) is 13.6 Å². The van der Waals surface area contributed by atoms with E-state index in [0.717, 1.165) is 37.3 Å². The summed E-state index contributed by atoms with van der Waals surface area (Å²) in [5, 5.41) is 19.9. The van der Waals surface area contributed by atoms with E-state index in [4.69, 9.17) is 0 Å². The molecule has 0 amide bonds. The molecule has 3 aromatic heterocycles. The lowest BCUT2D eigenvalue weighted by atomic mass is 9.89. The number of carbonyl (C=O) groups excluding carboxylic acids is 1. The molecular weight excluding hydrogens is 402 g/mol. The van der Waals surface area contributed by atoms with Crippen LogP contribution in [0.1, 0.15) is 29.0 Å². The van der Waals surface area contributed by atoms with Crippen molar-refractivity contribution in [2.45, 2.75) is 19.4 Å². The summed E-state index contributed by atoms with van der Waals surface area (Å²) in [4.78, 5) is 27.5. The van der Waals surface area contributed by atoms with Gasteiger partial charge < -0.3 is 5.11 Å². The first kappa shape index (κ1) is 19.0. The third kappa shape index (κ3) is 3.10. The van der Waals surface area contributed by atoms with Gasteiger partial charge in [0, 0.05) is 18.5 Å². The van der Waals surface area contributed by atoms with E-state index in [1.54, 1.807) is 31.3 Å². The summed E-state index contributed by atoms with van der Waals surface area (Å²) in [5.74, 6) is 1.63. The number of likely N-dealkylation sites (tertiary alicyclic amines) is 1. The molecule has 0 bridgehead atoms. The molecule has 1 aliphatic rings. The van der Waals surface area contributed by atoms with Crippen LogP contribution in [0.5, 0.6) is 5.75 Å². The standard InChI is InChI=1S/C21H21N5O3S/c1-24-20(29)19-16(8-11-30-19)26-17(22-23-21(24)26)12-25-9-6-14(7-10-25)18(28)13-2-4-15(27)5-3-13/h2-5,8,11,14,27H,6-7,9-10,12H2,1H3. The van der Waals surface area contributed by atoms with Gasteiger partial charge in [-0.15, -0.1) is 21.5 Å². The molecule has 5 rings (SSSR count). The fourth-order valence-corrected chi connectivity index (χ4v) is 5.02. The maximum atomic E-state index is 12.7. The van der Waals surface area contributed by atoms with Crippen molar-refractivity contribution in [1.82, 2.24) is 24.1 Å². The Hall–Kier alpha value is -3.04. The summed E-state index contributed by atoms with van der Waals surface area (Å²) in [5.41, 5.74) is 1.44. The van der Waals surface area contributed by atoms with Crippen molar-refractivity contribution in [1.29, 1.82) is 0 Å². The average molecular weight is 423 g/mol. The summed E-state index contributed by atoms with van der Waals surface area (Å²) >= 11 is 1.43. The zero-order valence-corrected chi connectivity index (χ0v) is 17.3. The molecule has 8 nitrogen and oxygen atoms in total. The first-order valence-electron chi connectivity index (χ1n) is 9.88. The Morgan fingerprint density at radius 1 is 1.17 bits per heavy atom. The molecule has 4 heterocycles. The van der Waals surface area contributed by atoms with Crippen LogP contribution < -0.4 is 5.56 Å². The number of hydrogen-bond donors (Lipinski definition) is 1. The zero-order valence-electron chi connectivity index (χ0n) is 16.5. The van der Waals surface area contributed by atoms with Crippen molar-refractivity contribution >= 4 is 33.1 Å². The van der Waals surface area contributed by atoms with Crippen LogP contribution >= 0.6 is 11.3 Å². The summed E-state index contributed by atoms with van der Waals surface area (Å²) in [6.45, 7) is 2.20. The summed E-state index contributed by atoms with van der Waals surface area (Å²) in [7, 11) is 1.72. The molecule has 1 N–H and O–H groups in total. The molecule has 30 heavy (non-hydrogen) atoms. The molecule has 0 unspecified atom stereocenters. The van der Waals surface area contributed by atoms with Crippen LogP contribution in [0.15, 0.2) is 40.5 Å². The summed E-state index contributed by atoms with van der Waals surface area (Å²) in [6, 6.07) is 8.41. The number of nitrogens with zero attached hydrogens (tertiary/aromatic N) is 5. The Morgan fingerprint density at radius 3 is 2.63 bits per heavy atom. The van der Waals surface area contributed by atoms with Gasteiger partial charge in [-0.05, 0) is 61.6 Å². The number of aromatic hydroxyl groups is 1. The molecule has 0 radical (unpaired) electrons. The van der Waals surface area contributed by atoms with Gasteiger partial charge in [-0.2, -0.15) is 0 Å². The Kier molecular flexibility index (Phi) is 4.63. The number of aromatic nitrogens is 4.